The van der Waals surface area contributed by atoms with Crippen molar-refractivity contribution >= 4 is 39.9 Å². The van der Waals surface area contributed by atoms with Crippen LogP contribution in [0.2, 0.25) is 0 Å². The van der Waals surface area contributed by atoms with Gasteiger partial charge in [0, 0.05) is 37.2 Å². The first-order valence-corrected chi connectivity index (χ1v) is 10.2. The molecule has 0 spiro atoms. The molecule has 0 aliphatic heterocycles. The van der Waals surface area contributed by atoms with Crippen LogP contribution in [-0.4, -0.2) is 28.7 Å². The lowest BCUT2D eigenvalue weighted by Gasteiger charge is -2.07. The minimum atomic E-state index is 0.630. The number of anilines is 1. The molecule has 0 bridgehead atoms. The SMILES string of the molecule is CCCOC.Nc1c(S)sc2nc(-c3cccnc3)nc(-c3ccccc3)c12. The van der Waals surface area contributed by atoms with Crippen molar-refractivity contribution in [1.82, 2.24) is 15.0 Å². The number of methoxy groups -OCH3 is 1. The Labute approximate surface area is 174 Å². The molecule has 0 radical (unpaired) electrons. The number of nitrogens with two attached hydrogens (primary N) is 1. The van der Waals surface area contributed by atoms with E-state index in [9.17, 15) is 0 Å². The van der Waals surface area contributed by atoms with Crippen molar-refractivity contribution in [1.29, 1.82) is 0 Å². The van der Waals surface area contributed by atoms with Gasteiger partial charge < -0.3 is 10.5 Å². The summed E-state index contributed by atoms with van der Waals surface area (Å²) >= 11 is 5.92. The molecular formula is C21H22N4OS2. The van der Waals surface area contributed by atoms with E-state index in [1.807, 2.05) is 42.5 Å². The molecule has 0 aliphatic carbocycles. The van der Waals surface area contributed by atoms with Crippen LogP contribution in [0.25, 0.3) is 32.9 Å². The normalized spacial score (nSPS) is 10.5. The predicted molar refractivity (Wildman–Crippen MR) is 120 cm³/mol. The summed E-state index contributed by atoms with van der Waals surface area (Å²) in [6.45, 7) is 2.98. The van der Waals surface area contributed by atoms with Gasteiger partial charge in [0.25, 0.3) is 0 Å². The number of nitrogen functional groups attached to an aromatic ring is 1. The van der Waals surface area contributed by atoms with Crippen molar-refractivity contribution in [3.8, 4) is 22.6 Å². The molecule has 2 N–H and O–H groups in total. The molecule has 0 aliphatic rings. The lowest BCUT2D eigenvalue weighted by molar-refractivity contribution is 0.199. The fourth-order valence-electron chi connectivity index (χ4n) is 2.64. The summed E-state index contributed by atoms with van der Waals surface area (Å²) in [7, 11) is 1.71. The smallest absolute Gasteiger partial charge is 0.162 e. The molecule has 1 aromatic carbocycles. The van der Waals surface area contributed by atoms with Gasteiger partial charge in [0.2, 0.25) is 0 Å². The first-order valence-electron chi connectivity index (χ1n) is 8.89. The molecule has 0 fully saturated rings. The second-order valence-electron chi connectivity index (χ2n) is 6.00. The quantitative estimate of drug-likeness (QED) is 0.445. The van der Waals surface area contributed by atoms with E-state index < -0.39 is 0 Å². The first-order chi connectivity index (χ1) is 13.7. The second-order valence-corrected chi connectivity index (χ2v) is 7.75. The lowest BCUT2D eigenvalue weighted by Crippen LogP contribution is -1.95. The maximum absolute atomic E-state index is 6.21. The average Bonchev–Trinajstić information content (AvgIpc) is 3.03. The van der Waals surface area contributed by atoms with E-state index in [0.29, 0.717) is 11.5 Å². The number of hydrogen-bond donors (Lipinski definition) is 2. The summed E-state index contributed by atoms with van der Waals surface area (Å²) in [6.07, 6.45) is 4.61. The molecule has 0 unspecified atom stereocenters. The first kappa shape index (κ1) is 20.3. The van der Waals surface area contributed by atoms with Crippen LogP contribution in [0.15, 0.2) is 59.1 Å². The van der Waals surface area contributed by atoms with Crippen LogP contribution in [0.5, 0.6) is 0 Å². The Morgan fingerprint density at radius 2 is 1.82 bits per heavy atom. The minimum absolute atomic E-state index is 0.630. The van der Waals surface area contributed by atoms with E-state index in [2.05, 4.69) is 29.5 Å². The molecule has 144 valence electrons. The average molecular weight is 411 g/mol. The van der Waals surface area contributed by atoms with Crippen molar-refractivity contribution in [2.24, 2.45) is 0 Å². The van der Waals surface area contributed by atoms with Crippen LogP contribution in [0.3, 0.4) is 0 Å². The lowest BCUT2D eigenvalue weighted by atomic mass is 10.1. The van der Waals surface area contributed by atoms with Gasteiger partial charge in [0.05, 0.1) is 21.0 Å². The molecule has 5 nitrogen and oxygen atoms in total. The van der Waals surface area contributed by atoms with E-state index in [1.54, 1.807) is 19.5 Å². The van der Waals surface area contributed by atoms with Gasteiger partial charge in [-0.3, -0.25) is 4.98 Å². The molecule has 28 heavy (non-hydrogen) atoms. The van der Waals surface area contributed by atoms with Crippen LogP contribution < -0.4 is 5.73 Å². The van der Waals surface area contributed by atoms with Crippen molar-refractivity contribution in [3.05, 3.63) is 54.9 Å². The number of thiophene rings is 1. The van der Waals surface area contributed by atoms with E-state index in [1.165, 1.54) is 11.3 Å². The minimum Gasteiger partial charge on any atom is -0.397 e. The fourth-order valence-corrected chi connectivity index (χ4v) is 3.85. The van der Waals surface area contributed by atoms with E-state index in [-0.39, 0.29) is 0 Å². The number of aromatic nitrogens is 3. The van der Waals surface area contributed by atoms with Gasteiger partial charge in [0.15, 0.2) is 5.82 Å². The van der Waals surface area contributed by atoms with Crippen molar-refractivity contribution in [2.45, 2.75) is 17.6 Å². The van der Waals surface area contributed by atoms with Gasteiger partial charge in [-0.25, -0.2) is 9.97 Å². The third kappa shape index (κ3) is 4.49. The summed E-state index contributed by atoms with van der Waals surface area (Å²) in [5.74, 6) is 0.638. The highest BCUT2D eigenvalue weighted by molar-refractivity contribution is 7.83. The second kappa shape index (κ2) is 9.64. The number of rotatable bonds is 4. The molecule has 4 aromatic rings. The third-order valence-electron chi connectivity index (χ3n) is 3.94. The van der Waals surface area contributed by atoms with Gasteiger partial charge in [-0.05, 0) is 18.6 Å². The standard InChI is InChI=1S/C17H12N4S2.C4H10O/c18-13-12-14(10-5-2-1-3-6-10)20-15(11-7-4-8-19-9-11)21-16(12)23-17(13)22;1-3-4-5-2/h1-9,22H,18H2;3-4H2,1-2H3. The van der Waals surface area contributed by atoms with Crippen LogP contribution in [0.4, 0.5) is 5.69 Å². The Balaban J connectivity index is 0.000000403. The zero-order valence-electron chi connectivity index (χ0n) is 15.8. The van der Waals surface area contributed by atoms with Gasteiger partial charge in [-0.2, -0.15) is 0 Å². The fraction of sp³-hybridized carbons (Fsp3) is 0.190. The van der Waals surface area contributed by atoms with Gasteiger partial charge >= 0.3 is 0 Å². The van der Waals surface area contributed by atoms with Crippen LogP contribution >= 0.6 is 24.0 Å². The third-order valence-corrected chi connectivity index (χ3v) is 5.36. The maximum Gasteiger partial charge on any atom is 0.162 e. The number of benzene rings is 1. The van der Waals surface area contributed by atoms with Crippen LogP contribution in [0, 0.1) is 0 Å². The van der Waals surface area contributed by atoms with Crippen molar-refractivity contribution in [2.75, 3.05) is 19.5 Å². The molecule has 0 atom stereocenters. The largest absolute Gasteiger partial charge is 0.397 e. The van der Waals surface area contributed by atoms with Crippen LogP contribution in [0.1, 0.15) is 13.3 Å². The number of nitrogens with zero attached hydrogens (tertiary/aromatic N) is 3. The highest BCUT2D eigenvalue weighted by atomic mass is 32.2. The Kier molecular flexibility index (Phi) is 6.97. The van der Waals surface area contributed by atoms with Gasteiger partial charge in [-0.1, -0.05) is 37.3 Å². The number of hydrogen-bond acceptors (Lipinski definition) is 7. The Morgan fingerprint density at radius 3 is 2.43 bits per heavy atom. The summed E-state index contributed by atoms with van der Waals surface area (Å²) in [6, 6.07) is 13.8. The summed E-state index contributed by atoms with van der Waals surface area (Å²) in [5.41, 5.74) is 9.54. The number of ether oxygens (including phenoxy) is 1. The maximum atomic E-state index is 6.21. The van der Waals surface area contributed by atoms with E-state index in [4.69, 9.17) is 15.5 Å². The van der Waals surface area contributed by atoms with Crippen LogP contribution in [-0.2, 0) is 4.74 Å². The number of fused-ring (bicyclic) bond motifs is 1. The zero-order valence-corrected chi connectivity index (χ0v) is 17.5. The van der Waals surface area contributed by atoms with E-state index >= 15 is 0 Å². The monoisotopic (exact) mass is 410 g/mol. The predicted octanol–water partition coefficient (Wildman–Crippen LogP) is 5.33. The topological polar surface area (TPSA) is 73.9 Å². The summed E-state index contributed by atoms with van der Waals surface area (Å²) in [4.78, 5) is 14.4. The summed E-state index contributed by atoms with van der Waals surface area (Å²) < 4.78 is 5.45. The molecular weight excluding hydrogens is 388 g/mol. The molecule has 3 heterocycles. The Hall–Kier alpha value is -2.48. The van der Waals surface area contributed by atoms with Gasteiger partial charge in [-0.15, -0.1) is 24.0 Å². The highest BCUT2D eigenvalue weighted by Gasteiger charge is 2.17. The van der Waals surface area contributed by atoms with Crippen molar-refractivity contribution < 1.29 is 4.74 Å². The molecule has 0 saturated heterocycles. The number of pyridine rings is 1. The zero-order chi connectivity index (χ0) is 19.9. The molecule has 3 aromatic heterocycles. The molecule has 0 amide bonds. The molecule has 4 rings (SSSR count). The highest BCUT2D eigenvalue weighted by Crippen LogP contribution is 2.40. The summed E-state index contributed by atoms with van der Waals surface area (Å²) in [5, 5.41) is 0.860. The van der Waals surface area contributed by atoms with Crippen molar-refractivity contribution in [3.63, 3.8) is 0 Å². The Bertz CT molecular complexity index is 1030. The molecule has 0 saturated carbocycles. The molecule has 7 heteroatoms. The van der Waals surface area contributed by atoms with Gasteiger partial charge in [0.1, 0.15) is 4.83 Å². The number of thiol groups is 1. The van der Waals surface area contributed by atoms with E-state index in [0.717, 1.165) is 44.3 Å². The Morgan fingerprint density at radius 1 is 1.07 bits per heavy atom.